The monoisotopic (exact) mass is 297 g/mol. The highest BCUT2D eigenvalue weighted by Gasteiger charge is 2.20. The third kappa shape index (κ3) is 4.41. The quantitative estimate of drug-likeness (QED) is 0.401. The van der Waals surface area contributed by atoms with Crippen LogP contribution in [-0.2, 0) is 0 Å². The van der Waals surface area contributed by atoms with Crippen molar-refractivity contribution < 1.29 is 15.1 Å². The summed E-state index contributed by atoms with van der Waals surface area (Å²) in [7, 11) is 0. The molecule has 112 valence electrons. The molecule has 0 atom stereocenters. The normalized spacial score (nSPS) is 9.62. The second-order valence-electron chi connectivity index (χ2n) is 3.77. The Bertz CT molecular complexity index is 757. The van der Waals surface area contributed by atoms with E-state index in [1.165, 1.54) is 6.92 Å². The summed E-state index contributed by atoms with van der Waals surface area (Å²) >= 11 is 0. The van der Waals surface area contributed by atoms with Crippen molar-refractivity contribution in [2.75, 3.05) is 0 Å². The SMILES string of the molecule is Cc1nc(O)c([N+](=O)[O-])c(=O)[nH]1.Cc1nc(O)cc(=O)[nH]1. The summed E-state index contributed by atoms with van der Waals surface area (Å²) < 4.78 is 0. The maximum atomic E-state index is 10.8. The van der Waals surface area contributed by atoms with Crippen LogP contribution in [0, 0.1) is 24.0 Å². The molecule has 21 heavy (non-hydrogen) atoms. The number of nitro groups is 1. The van der Waals surface area contributed by atoms with E-state index in [9.17, 15) is 19.7 Å². The Morgan fingerprint density at radius 1 is 1.14 bits per heavy atom. The van der Waals surface area contributed by atoms with Crippen LogP contribution in [0.2, 0.25) is 0 Å². The molecule has 0 fully saturated rings. The van der Waals surface area contributed by atoms with Gasteiger partial charge in [0.15, 0.2) is 0 Å². The smallest absolute Gasteiger partial charge is 0.395 e. The minimum absolute atomic E-state index is 0.128. The average Bonchev–Trinajstić information content (AvgIpc) is 2.24. The fourth-order valence-corrected chi connectivity index (χ4v) is 1.29. The summed E-state index contributed by atoms with van der Waals surface area (Å²) in [5.74, 6) is -0.555. The van der Waals surface area contributed by atoms with Crippen molar-refractivity contribution in [1.29, 1.82) is 0 Å². The summed E-state index contributed by atoms with van der Waals surface area (Å²) in [4.78, 5) is 41.7. The molecular formula is C10H11N5O6. The zero-order valence-corrected chi connectivity index (χ0v) is 10.9. The second-order valence-corrected chi connectivity index (χ2v) is 3.77. The molecule has 2 rings (SSSR count). The van der Waals surface area contributed by atoms with Crippen molar-refractivity contribution in [1.82, 2.24) is 19.9 Å². The predicted octanol–water partition coefficient (Wildman–Crippen LogP) is -0.524. The molecule has 4 N–H and O–H groups in total. The molecule has 11 heteroatoms. The van der Waals surface area contributed by atoms with Crippen molar-refractivity contribution in [3.8, 4) is 11.8 Å². The molecule has 0 aliphatic carbocycles. The molecule has 11 nitrogen and oxygen atoms in total. The van der Waals surface area contributed by atoms with E-state index in [1.807, 2.05) is 0 Å². The van der Waals surface area contributed by atoms with Gasteiger partial charge in [0.05, 0.1) is 11.0 Å². The van der Waals surface area contributed by atoms with Crippen LogP contribution >= 0.6 is 0 Å². The van der Waals surface area contributed by atoms with Gasteiger partial charge in [0.2, 0.25) is 5.88 Å². The number of nitrogens with one attached hydrogen (secondary N) is 2. The van der Waals surface area contributed by atoms with E-state index in [-0.39, 0.29) is 17.3 Å². The molecule has 0 bridgehead atoms. The topological polar surface area (TPSA) is 175 Å². The van der Waals surface area contributed by atoms with Gasteiger partial charge in [-0.2, -0.15) is 4.98 Å². The Morgan fingerprint density at radius 3 is 2.14 bits per heavy atom. The van der Waals surface area contributed by atoms with Crippen LogP contribution in [0.3, 0.4) is 0 Å². The van der Waals surface area contributed by atoms with Crippen LogP contribution in [-0.4, -0.2) is 35.1 Å². The molecule has 0 unspecified atom stereocenters. The van der Waals surface area contributed by atoms with Gasteiger partial charge >= 0.3 is 11.2 Å². The zero-order chi connectivity index (χ0) is 16.2. The number of nitrogens with zero attached hydrogens (tertiary/aromatic N) is 3. The minimum atomic E-state index is -0.986. The number of hydrogen-bond acceptors (Lipinski definition) is 8. The molecule has 0 aliphatic heterocycles. The molecule has 0 aliphatic rings. The van der Waals surface area contributed by atoms with E-state index in [0.717, 1.165) is 6.07 Å². The van der Waals surface area contributed by atoms with Crippen LogP contribution in [0.4, 0.5) is 5.69 Å². The molecular weight excluding hydrogens is 286 g/mol. The lowest BCUT2D eigenvalue weighted by Crippen LogP contribution is -2.13. The molecule has 0 radical (unpaired) electrons. The van der Waals surface area contributed by atoms with Crippen LogP contribution in [0.25, 0.3) is 0 Å². The summed E-state index contributed by atoms with van der Waals surface area (Å²) in [5.41, 5.74) is -2.22. The van der Waals surface area contributed by atoms with E-state index >= 15 is 0 Å². The van der Waals surface area contributed by atoms with Crippen molar-refractivity contribution >= 4 is 5.69 Å². The lowest BCUT2D eigenvalue weighted by atomic mass is 10.5. The fourth-order valence-electron chi connectivity index (χ4n) is 1.29. The number of aromatic amines is 2. The molecule has 0 amide bonds. The van der Waals surface area contributed by atoms with E-state index in [1.54, 1.807) is 6.92 Å². The van der Waals surface area contributed by atoms with Crippen LogP contribution in [0.5, 0.6) is 11.8 Å². The van der Waals surface area contributed by atoms with Crippen LogP contribution in [0.15, 0.2) is 15.7 Å². The molecule has 0 aromatic carbocycles. The predicted molar refractivity (Wildman–Crippen MR) is 69.2 cm³/mol. The number of aromatic hydroxyl groups is 2. The second kappa shape index (κ2) is 6.27. The third-order valence-electron chi connectivity index (χ3n) is 2.02. The van der Waals surface area contributed by atoms with E-state index in [4.69, 9.17) is 10.2 Å². The maximum absolute atomic E-state index is 10.8. The fraction of sp³-hybridized carbons (Fsp3) is 0.200. The Kier molecular flexibility index (Phi) is 4.72. The van der Waals surface area contributed by atoms with Gasteiger partial charge in [-0.15, -0.1) is 0 Å². The van der Waals surface area contributed by atoms with Gasteiger partial charge in [0.25, 0.3) is 11.4 Å². The van der Waals surface area contributed by atoms with Gasteiger partial charge in [0.1, 0.15) is 11.6 Å². The van der Waals surface area contributed by atoms with E-state index < -0.39 is 22.0 Å². The van der Waals surface area contributed by atoms with Gasteiger partial charge in [-0.05, 0) is 13.8 Å². The number of H-pyrrole nitrogens is 2. The van der Waals surface area contributed by atoms with Gasteiger partial charge in [-0.1, -0.05) is 0 Å². The standard InChI is InChI=1S/C5H5N3O4.C5H6N2O2/c1-2-6-4(9)3(8(11)12)5(10)7-2;1-3-6-4(8)2-5(9)7-3/h1H3,(H2,6,7,9,10);2H,1H3,(H2,6,7,8,9). The van der Waals surface area contributed by atoms with Crippen molar-refractivity contribution in [3.05, 3.63) is 48.5 Å². The average molecular weight is 297 g/mol. The Hall–Kier alpha value is -3.24. The lowest BCUT2D eigenvalue weighted by Gasteiger charge is -1.94. The van der Waals surface area contributed by atoms with Gasteiger partial charge < -0.3 is 20.2 Å². The largest absolute Gasteiger partial charge is 0.493 e. The molecule has 0 saturated carbocycles. The van der Waals surface area contributed by atoms with Crippen molar-refractivity contribution in [2.24, 2.45) is 0 Å². The first-order valence-electron chi connectivity index (χ1n) is 5.42. The molecule has 0 spiro atoms. The maximum Gasteiger partial charge on any atom is 0.395 e. The lowest BCUT2D eigenvalue weighted by molar-refractivity contribution is -0.387. The van der Waals surface area contributed by atoms with Gasteiger partial charge in [-0.25, -0.2) is 4.98 Å². The Labute approximate surface area is 116 Å². The number of rotatable bonds is 1. The third-order valence-corrected chi connectivity index (χ3v) is 2.02. The molecule has 0 saturated heterocycles. The van der Waals surface area contributed by atoms with Gasteiger partial charge in [0, 0.05) is 0 Å². The highest BCUT2D eigenvalue weighted by Crippen LogP contribution is 2.15. The van der Waals surface area contributed by atoms with Gasteiger partial charge in [-0.3, -0.25) is 19.7 Å². The summed E-state index contributed by atoms with van der Waals surface area (Å²) in [6.45, 7) is 3.01. The Morgan fingerprint density at radius 2 is 1.71 bits per heavy atom. The summed E-state index contributed by atoms with van der Waals surface area (Å²) in [6.07, 6.45) is 0. The van der Waals surface area contributed by atoms with Crippen LogP contribution in [0.1, 0.15) is 11.6 Å². The number of hydrogen-bond donors (Lipinski definition) is 4. The first-order valence-corrected chi connectivity index (χ1v) is 5.42. The zero-order valence-electron chi connectivity index (χ0n) is 10.9. The minimum Gasteiger partial charge on any atom is -0.493 e. The highest BCUT2D eigenvalue weighted by atomic mass is 16.6. The van der Waals surface area contributed by atoms with Crippen LogP contribution < -0.4 is 11.1 Å². The summed E-state index contributed by atoms with van der Waals surface area (Å²) in [5, 5.41) is 27.7. The first kappa shape index (κ1) is 15.8. The highest BCUT2D eigenvalue weighted by molar-refractivity contribution is 5.36. The van der Waals surface area contributed by atoms with E-state index in [2.05, 4.69) is 19.9 Å². The first-order chi connectivity index (χ1) is 9.70. The molecule has 2 aromatic rings. The number of aromatic nitrogens is 4. The molecule has 2 heterocycles. The molecule has 2 aromatic heterocycles. The number of aryl methyl sites for hydroxylation is 2. The van der Waals surface area contributed by atoms with E-state index in [0.29, 0.717) is 5.82 Å². The summed E-state index contributed by atoms with van der Waals surface area (Å²) in [6, 6.07) is 1.02. The Balaban J connectivity index is 0.000000219. The van der Waals surface area contributed by atoms with Crippen molar-refractivity contribution in [3.63, 3.8) is 0 Å². The van der Waals surface area contributed by atoms with Crippen molar-refractivity contribution in [2.45, 2.75) is 13.8 Å².